The highest BCUT2D eigenvalue weighted by molar-refractivity contribution is 5.86. The third kappa shape index (κ3) is 2.63. The number of hydrogen-bond acceptors (Lipinski definition) is 1. The van der Waals surface area contributed by atoms with Crippen molar-refractivity contribution in [3.63, 3.8) is 0 Å². The van der Waals surface area contributed by atoms with E-state index in [9.17, 15) is 0 Å². The maximum atomic E-state index is 3.87. The van der Waals surface area contributed by atoms with Crippen LogP contribution in [-0.4, -0.2) is 23.5 Å². The topological polar surface area (TPSA) is 15.0 Å². The SMILES string of the molecule is Cc1cc(C)c([N+]2=C(C34CC5CC(CC(C5)C3)C4)NCC2)c(C)c1.[Cl-]. The molecule has 1 aromatic rings. The molecule has 0 aromatic heterocycles. The van der Waals surface area contributed by atoms with Gasteiger partial charge in [-0.05, 0) is 88.2 Å². The molecular formula is C22H31ClN2. The summed E-state index contributed by atoms with van der Waals surface area (Å²) in [5.41, 5.74) is 6.22. The van der Waals surface area contributed by atoms with Crippen molar-refractivity contribution >= 4 is 11.5 Å². The van der Waals surface area contributed by atoms with E-state index >= 15 is 0 Å². The maximum Gasteiger partial charge on any atom is 0.256 e. The van der Waals surface area contributed by atoms with Gasteiger partial charge in [0.1, 0.15) is 18.8 Å². The van der Waals surface area contributed by atoms with Gasteiger partial charge in [0.25, 0.3) is 5.84 Å². The van der Waals surface area contributed by atoms with Crippen molar-refractivity contribution in [1.82, 2.24) is 5.32 Å². The molecule has 4 bridgehead atoms. The van der Waals surface area contributed by atoms with E-state index in [0.717, 1.165) is 30.8 Å². The first-order valence-electron chi connectivity index (χ1n) is 10.0. The van der Waals surface area contributed by atoms with Crippen LogP contribution in [0.25, 0.3) is 0 Å². The Bertz CT molecular complexity index is 675. The van der Waals surface area contributed by atoms with E-state index in [2.05, 4.69) is 42.8 Å². The molecule has 4 fully saturated rings. The number of nitrogens with zero attached hydrogens (tertiary/aromatic N) is 1. The molecule has 0 atom stereocenters. The molecule has 3 heteroatoms. The van der Waals surface area contributed by atoms with Crippen LogP contribution in [0.4, 0.5) is 5.69 Å². The first-order chi connectivity index (χ1) is 11.5. The Balaban J connectivity index is 0.00000157. The van der Waals surface area contributed by atoms with Gasteiger partial charge >= 0.3 is 0 Å². The van der Waals surface area contributed by atoms with Crippen molar-refractivity contribution in [2.75, 3.05) is 13.1 Å². The summed E-state index contributed by atoms with van der Waals surface area (Å²) in [6.45, 7) is 9.07. The minimum absolute atomic E-state index is 0. The lowest BCUT2D eigenvalue weighted by Crippen LogP contribution is -3.00. The van der Waals surface area contributed by atoms with Crippen LogP contribution >= 0.6 is 0 Å². The van der Waals surface area contributed by atoms with Crippen LogP contribution in [0.15, 0.2) is 12.1 Å². The highest BCUT2D eigenvalue weighted by atomic mass is 35.5. The molecule has 1 aliphatic heterocycles. The van der Waals surface area contributed by atoms with Crippen molar-refractivity contribution < 1.29 is 17.0 Å². The molecule has 1 aromatic carbocycles. The van der Waals surface area contributed by atoms with Gasteiger partial charge in [0.05, 0.1) is 5.41 Å². The molecule has 5 aliphatic rings. The molecule has 0 amide bonds. The molecule has 4 saturated carbocycles. The fourth-order valence-electron chi connectivity index (χ4n) is 7.19. The number of rotatable bonds is 2. The molecule has 25 heavy (non-hydrogen) atoms. The van der Waals surface area contributed by atoms with E-state index in [-0.39, 0.29) is 12.4 Å². The number of halogens is 1. The zero-order chi connectivity index (χ0) is 16.5. The van der Waals surface area contributed by atoms with Crippen LogP contribution in [0.2, 0.25) is 0 Å². The lowest BCUT2D eigenvalue weighted by Gasteiger charge is -2.55. The Kier molecular flexibility index (Phi) is 4.18. The summed E-state index contributed by atoms with van der Waals surface area (Å²) >= 11 is 0. The Labute approximate surface area is 158 Å². The molecule has 0 radical (unpaired) electrons. The zero-order valence-corrected chi connectivity index (χ0v) is 16.6. The summed E-state index contributed by atoms with van der Waals surface area (Å²) in [7, 11) is 0. The van der Waals surface area contributed by atoms with Crippen molar-refractivity contribution in [1.29, 1.82) is 0 Å². The standard InChI is InChI=1S/C22H30N2.ClH/c1-14-6-15(2)20(16(3)7-14)24-5-4-23-21(24)22-11-17-8-18(12-22)10-19(9-17)13-22;/h6-7,17-19H,4-5,8-13H2,1-3H3;1H. The van der Waals surface area contributed by atoms with Gasteiger partial charge in [0.2, 0.25) is 0 Å². The monoisotopic (exact) mass is 358 g/mol. The summed E-state index contributed by atoms with van der Waals surface area (Å²) in [5, 5.41) is 3.87. The zero-order valence-electron chi connectivity index (χ0n) is 15.9. The van der Waals surface area contributed by atoms with Crippen molar-refractivity contribution in [3.05, 3.63) is 28.8 Å². The number of aryl methyl sites for hydroxylation is 3. The third-order valence-corrected chi connectivity index (χ3v) is 7.34. The highest BCUT2D eigenvalue weighted by Gasteiger charge is 2.57. The van der Waals surface area contributed by atoms with E-state index in [1.165, 1.54) is 60.9 Å². The number of hydrogen-bond donors (Lipinski definition) is 1. The predicted molar refractivity (Wildman–Crippen MR) is 99.1 cm³/mol. The number of nitrogens with one attached hydrogen (secondary N) is 1. The van der Waals surface area contributed by atoms with Crippen LogP contribution in [0.3, 0.4) is 0 Å². The summed E-state index contributed by atoms with van der Waals surface area (Å²) < 4.78 is 2.68. The second-order valence-electron chi connectivity index (χ2n) is 9.37. The fourth-order valence-corrected chi connectivity index (χ4v) is 7.19. The van der Waals surface area contributed by atoms with E-state index in [1.54, 1.807) is 5.84 Å². The van der Waals surface area contributed by atoms with Crippen LogP contribution in [-0.2, 0) is 0 Å². The molecule has 6 rings (SSSR count). The minimum Gasteiger partial charge on any atom is -1.00 e. The number of amidine groups is 1. The molecule has 0 unspecified atom stereocenters. The average molecular weight is 359 g/mol. The van der Waals surface area contributed by atoms with Crippen molar-refractivity contribution in [2.45, 2.75) is 59.3 Å². The molecule has 0 spiro atoms. The maximum absolute atomic E-state index is 3.87. The summed E-state index contributed by atoms with van der Waals surface area (Å²) in [5.74, 6) is 4.62. The van der Waals surface area contributed by atoms with Crippen LogP contribution in [0.5, 0.6) is 0 Å². The summed E-state index contributed by atoms with van der Waals surface area (Å²) in [6.07, 6.45) is 8.91. The van der Waals surface area contributed by atoms with Gasteiger partial charge in [-0.15, -0.1) is 0 Å². The predicted octanol–water partition coefficient (Wildman–Crippen LogP) is 1.48. The lowest BCUT2D eigenvalue weighted by molar-refractivity contribution is -0.435. The Morgan fingerprint density at radius 2 is 1.44 bits per heavy atom. The molecule has 0 saturated heterocycles. The Hall–Kier alpha value is -1.02. The van der Waals surface area contributed by atoms with E-state index in [4.69, 9.17) is 0 Å². The van der Waals surface area contributed by atoms with Gasteiger partial charge in [-0.3, -0.25) is 5.32 Å². The third-order valence-electron chi connectivity index (χ3n) is 7.34. The molecular weight excluding hydrogens is 328 g/mol. The summed E-state index contributed by atoms with van der Waals surface area (Å²) in [4.78, 5) is 0. The first-order valence-corrected chi connectivity index (χ1v) is 10.0. The second-order valence-corrected chi connectivity index (χ2v) is 9.37. The van der Waals surface area contributed by atoms with Gasteiger partial charge in [-0.2, -0.15) is 0 Å². The molecule has 2 nitrogen and oxygen atoms in total. The second kappa shape index (κ2) is 6.01. The quantitative estimate of drug-likeness (QED) is 0.791. The molecule has 1 heterocycles. The largest absolute Gasteiger partial charge is 1.00 e. The smallest absolute Gasteiger partial charge is 0.256 e. The normalized spacial score (nSPS) is 35.7. The van der Waals surface area contributed by atoms with Crippen LogP contribution in [0.1, 0.15) is 55.2 Å². The van der Waals surface area contributed by atoms with Gasteiger partial charge in [0.15, 0.2) is 0 Å². The number of benzene rings is 1. The van der Waals surface area contributed by atoms with Crippen molar-refractivity contribution in [2.24, 2.45) is 23.2 Å². The van der Waals surface area contributed by atoms with Crippen LogP contribution < -0.4 is 17.7 Å². The van der Waals surface area contributed by atoms with Gasteiger partial charge < -0.3 is 12.4 Å². The van der Waals surface area contributed by atoms with Crippen LogP contribution in [0, 0.1) is 43.9 Å². The molecule has 4 aliphatic carbocycles. The van der Waals surface area contributed by atoms with Gasteiger partial charge in [-0.1, -0.05) is 17.7 Å². The summed E-state index contributed by atoms with van der Waals surface area (Å²) in [6, 6.07) is 4.72. The first kappa shape index (κ1) is 17.4. The minimum atomic E-state index is 0. The fraction of sp³-hybridized carbons (Fsp3) is 0.682. The Morgan fingerprint density at radius 1 is 0.920 bits per heavy atom. The average Bonchev–Trinajstić information content (AvgIpc) is 2.94. The van der Waals surface area contributed by atoms with E-state index in [1.807, 2.05) is 0 Å². The molecule has 136 valence electrons. The molecule has 1 N–H and O–H groups in total. The Morgan fingerprint density at radius 3 is 1.96 bits per heavy atom. The van der Waals surface area contributed by atoms with E-state index < -0.39 is 0 Å². The van der Waals surface area contributed by atoms with Crippen molar-refractivity contribution in [3.8, 4) is 0 Å². The van der Waals surface area contributed by atoms with E-state index in [0.29, 0.717) is 5.41 Å². The lowest BCUT2D eigenvalue weighted by atomic mass is 9.49. The highest BCUT2D eigenvalue weighted by Crippen LogP contribution is 2.60. The van der Waals surface area contributed by atoms with Gasteiger partial charge in [-0.25, -0.2) is 4.58 Å². The van der Waals surface area contributed by atoms with Gasteiger partial charge in [0, 0.05) is 0 Å².